The largest absolute Gasteiger partial charge is 0.593 e. The van der Waals surface area contributed by atoms with Gasteiger partial charge < -0.3 is 15.8 Å². The lowest BCUT2D eigenvalue weighted by Crippen LogP contribution is -2.38. The van der Waals surface area contributed by atoms with E-state index in [1.807, 2.05) is 0 Å². The van der Waals surface area contributed by atoms with Crippen molar-refractivity contribution < 1.29 is 18.1 Å². The number of nitrogens with one attached hydrogen (secondary N) is 2. The Kier molecular flexibility index (Phi) is 4.07. The van der Waals surface area contributed by atoms with Gasteiger partial charge in [0.1, 0.15) is 6.20 Å². The van der Waals surface area contributed by atoms with Crippen molar-refractivity contribution in [2.24, 2.45) is 0 Å². The van der Waals surface area contributed by atoms with Gasteiger partial charge in [-0.2, -0.15) is 0 Å². The number of carbonyl (C=O) groups is 1. The van der Waals surface area contributed by atoms with E-state index < -0.39 is 20.9 Å². The molecule has 0 saturated carbocycles. The molecule has 1 aromatic heterocycles. The highest BCUT2D eigenvalue weighted by atomic mass is 32.2. The molecule has 0 fully saturated rings. The van der Waals surface area contributed by atoms with Gasteiger partial charge in [-0.1, -0.05) is 0 Å². The van der Waals surface area contributed by atoms with Crippen molar-refractivity contribution in [1.29, 1.82) is 0 Å². The molecule has 0 spiro atoms. The minimum atomic E-state index is -3.70. The lowest BCUT2D eigenvalue weighted by molar-refractivity contribution is -0.707. The number of aromatic nitrogens is 2. The second-order valence-electron chi connectivity index (χ2n) is 3.98. The van der Waals surface area contributed by atoms with E-state index in [9.17, 15) is 18.4 Å². The first-order valence-corrected chi connectivity index (χ1v) is 6.97. The third-order valence-corrected chi connectivity index (χ3v) is 2.86. The molecule has 8 nitrogen and oxygen atoms in total. The van der Waals surface area contributed by atoms with E-state index in [1.165, 1.54) is 0 Å². The van der Waals surface area contributed by atoms with Crippen LogP contribution < -0.4 is 15.5 Å². The van der Waals surface area contributed by atoms with Gasteiger partial charge in [0, 0.05) is 17.4 Å². The molecule has 2 N–H and O–H groups in total. The molecule has 1 heterocycles. The fourth-order valence-corrected chi connectivity index (χ4v) is 1.82. The zero-order valence-electron chi connectivity index (χ0n) is 10.2. The van der Waals surface area contributed by atoms with Crippen LogP contribution in [0.1, 0.15) is 13.8 Å². The summed E-state index contributed by atoms with van der Waals surface area (Å²) < 4.78 is 22.6. The Hall–Kier alpha value is -1.90. The van der Waals surface area contributed by atoms with Gasteiger partial charge >= 0.3 is 11.1 Å². The SMILES string of the molecule is CC(C)NC(=O)Nc1cn[n+]([O-])c(S(C)(=O)=O)c1. The normalized spacial score (nSPS) is 11.3. The molecule has 0 aliphatic heterocycles. The summed E-state index contributed by atoms with van der Waals surface area (Å²) >= 11 is 0. The van der Waals surface area contributed by atoms with Crippen molar-refractivity contribution in [2.45, 2.75) is 24.9 Å². The summed E-state index contributed by atoms with van der Waals surface area (Å²) in [4.78, 5) is 11.4. The first-order valence-electron chi connectivity index (χ1n) is 5.07. The van der Waals surface area contributed by atoms with Crippen molar-refractivity contribution in [2.75, 3.05) is 11.6 Å². The molecule has 0 atom stereocenters. The van der Waals surface area contributed by atoms with Gasteiger partial charge in [-0.25, -0.2) is 13.2 Å². The average Bonchev–Trinajstić information content (AvgIpc) is 2.17. The fraction of sp³-hybridized carbons (Fsp3) is 0.444. The van der Waals surface area contributed by atoms with Crippen LogP contribution in [0.25, 0.3) is 0 Å². The van der Waals surface area contributed by atoms with Crippen LogP contribution in [0.15, 0.2) is 17.3 Å². The second-order valence-corrected chi connectivity index (χ2v) is 5.94. The molecule has 18 heavy (non-hydrogen) atoms. The summed E-state index contributed by atoms with van der Waals surface area (Å²) in [5.74, 6) is 0. The smallest absolute Gasteiger partial charge is 0.336 e. The molecule has 0 aliphatic carbocycles. The van der Waals surface area contributed by atoms with Gasteiger partial charge in [-0.15, -0.1) is 0 Å². The number of carbonyl (C=O) groups excluding carboxylic acids is 1. The summed E-state index contributed by atoms with van der Waals surface area (Å²) in [5.41, 5.74) is 0.126. The molecule has 9 heteroatoms. The maximum atomic E-state index is 11.4. The average molecular weight is 274 g/mol. The quantitative estimate of drug-likeness (QED) is 0.577. The van der Waals surface area contributed by atoms with E-state index >= 15 is 0 Å². The number of nitrogens with zero attached hydrogens (tertiary/aromatic N) is 2. The molecule has 0 saturated heterocycles. The molecule has 2 amide bonds. The van der Waals surface area contributed by atoms with Gasteiger partial charge in [0.05, 0.1) is 11.8 Å². The lowest BCUT2D eigenvalue weighted by atomic mass is 10.4. The van der Waals surface area contributed by atoms with Crippen LogP contribution in [0.4, 0.5) is 10.5 Å². The van der Waals surface area contributed by atoms with Gasteiger partial charge in [-0.3, -0.25) is 0 Å². The summed E-state index contributed by atoms with van der Waals surface area (Å²) in [7, 11) is -3.70. The molecule has 0 radical (unpaired) electrons. The Bertz CT molecular complexity index is 556. The summed E-state index contributed by atoms with van der Waals surface area (Å²) in [5, 5.41) is 18.9. The van der Waals surface area contributed by atoms with Gasteiger partial charge in [-0.05, 0) is 18.7 Å². The predicted molar refractivity (Wildman–Crippen MR) is 63.6 cm³/mol. The first kappa shape index (κ1) is 14.2. The number of urea groups is 1. The predicted octanol–water partition coefficient (Wildman–Crippen LogP) is -0.352. The molecule has 100 valence electrons. The zero-order chi connectivity index (χ0) is 13.9. The molecule has 0 unspecified atom stereocenters. The topological polar surface area (TPSA) is 115 Å². The Balaban J connectivity index is 2.96. The third-order valence-electron chi connectivity index (χ3n) is 1.83. The van der Waals surface area contributed by atoms with Gasteiger partial charge in [0.25, 0.3) is 0 Å². The molecule has 1 aromatic rings. The summed E-state index contributed by atoms with van der Waals surface area (Å²) in [6.45, 7) is 3.55. The van der Waals surface area contributed by atoms with E-state index in [-0.39, 0.29) is 16.6 Å². The number of anilines is 1. The van der Waals surface area contributed by atoms with Crippen LogP contribution in [-0.2, 0) is 9.84 Å². The van der Waals surface area contributed by atoms with Crippen LogP contribution in [0.5, 0.6) is 0 Å². The van der Waals surface area contributed by atoms with Gasteiger partial charge in [0.2, 0.25) is 9.84 Å². The maximum Gasteiger partial charge on any atom is 0.336 e. The zero-order valence-corrected chi connectivity index (χ0v) is 11.0. The number of hydrogen-bond acceptors (Lipinski definition) is 5. The number of amides is 2. The Morgan fingerprint density at radius 2 is 2.11 bits per heavy atom. The Morgan fingerprint density at radius 1 is 1.50 bits per heavy atom. The lowest BCUT2D eigenvalue weighted by Gasteiger charge is -2.09. The van der Waals surface area contributed by atoms with Crippen molar-refractivity contribution in [3.05, 3.63) is 17.5 Å². The highest BCUT2D eigenvalue weighted by molar-refractivity contribution is 7.90. The molecular formula is C9H14N4O4S. The van der Waals surface area contributed by atoms with Gasteiger partial charge in [0.15, 0.2) is 0 Å². The summed E-state index contributed by atoms with van der Waals surface area (Å²) in [6.07, 6.45) is 1.96. The van der Waals surface area contributed by atoms with Crippen molar-refractivity contribution in [1.82, 2.24) is 10.4 Å². The molecule has 0 aliphatic rings. The van der Waals surface area contributed by atoms with E-state index in [2.05, 4.69) is 15.7 Å². The van der Waals surface area contributed by atoms with Crippen molar-refractivity contribution >= 4 is 21.6 Å². The van der Waals surface area contributed by atoms with E-state index in [4.69, 9.17) is 0 Å². The minimum absolute atomic E-state index is 0.0130. The van der Waals surface area contributed by atoms with E-state index in [0.717, 1.165) is 18.5 Å². The molecular weight excluding hydrogens is 260 g/mol. The van der Waals surface area contributed by atoms with Crippen molar-refractivity contribution in [3.8, 4) is 0 Å². The van der Waals surface area contributed by atoms with E-state index in [0.29, 0.717) is 0 Å². The highest BCUT2D eigenvalue weighted by Gasteiger charge is 2.21. The number of rotatable bonds is 3. The maximum absolute atomic E-state index is 11.4. The highest BCUT2D eigenvalue weighted by Crippen LogP contribution is 2.09. The Morgan fingerprint density at radius 3 is 2.61 bits per heavy atom. The second kappa shape index (κ2) is 5.17. The monoisotopic (exact) mass is 274 g/mol. The van der Waals surface area contributed by atoms with Crippen LogP contribution in [0.3, 0.4) is 0 Å². The minimum Gasteiger partial charge on any atom is -0.593 e. The molecule has 0 aromatic carbocycles. The van der Waals surface area contributed by atoms with Crippen LogP contribution in [-0.4, -0.2) is 31.8 Å². The molecule has 0 bridgehead atoms. The third kappa shape index (κ3) is 3.84. The number of sulfone groups is 1. The first-order chi connectivity index (χ1) is 8.20. The van der Waals surface area contributed by atoms with Crippen molar-refractivity contribution in [3.63, 3.8) is 0 Å². The standard InChI is InChI=1S/C9H14N4O4S/c1-6(2)11-9(14)12-7-4-8(18(3,16)17)13(15)10-5-7/h4-6H,1-3H3,(H2,11,12,14). The van der Waals surface area contributed by atoms with Crippen LogP contribution in [0.2, 0.25) is 0 Å². The summed E-state index contributed by atoms with van der Waals surface area (Å²) in [6, 6.07) is 0.477. The fourth-order valence-electron chi connectivity index (χ4n) is 1.14. The van der Waals surface area contributed by atoms with E-state index in [1.54, 1.807) is 13.8 Å². The Labute approximate surface area is 105 Å². The van der Waals surface area contributed by atoms with Crippen LogP contribution >= 0.6 is 0 Å². The van der Waals surface area contributed by atoms with Crippen LogP contribution in [0, 0.1) is 5.21 Å². The molecule has 1 rings (SSSR count). The number of hydrogen-bond donors (Lipinski definition) is 2.